The van der Waals surface area contributed by atoms with Crippen LogP contribution in [0.15, 0.2) is 29.6 Å². The second-order valence-corrected chi connectivity index (χ2v) is 6.64. The average molecular weight is 301 g/mol. The van der Waals surface area contributed by atoms with Crippen molar-refractivity contribution in [2.75, 3.05) is 6.54 Å². The van der Waals surface area contributed by atoms with Crippen molar-refractivity contribution in [1.29, 1.82) is 0 Å². The van der Waals surface area contributed by atoms with Crippen LogP contribution < -0.4 is 0 Å². The highest BCUT2D eigenvalue weighted by molar-refractivity contribution is 7.10. The van der Waals surface area contributed by atoms with E-state index in [9.17, 15) is 4.79 Å². The lowest BCUT2D eigenvalue weighted by Crippen LogP contribution is -2.32. The van der Waals surface area contributed by atoms with E-state index in [4.69, 9.17) is 5.11 Å². The molecule has 1 aliphatic rings. The molecule has 0 radical (unpaired) electrons. The molecule has 3 rings (SSSR count). The third kappa shape index (κ3) is 2.74. The van der Waals surface area contributed by atoms with Gasteiger partial charge in [-0.05, 0) is 60.5 Å². The number of fused-ring (bicyclic) bond motifs is 1. The summed E-state index contributed by atoms with van der Waals surface area (Å²) in [5.41, 5.74) is 4.08. The van der Waals surface area contributed by atoms with Crippen molar-refractivity contribution in [3.63, 3.8) is 0 Å². The zero-order chi connectivity index (χ0) is 15.0. The number of carboxylic acid groups (broad SMARTS) is 1. The van der Waals surface area contributed by atoms with Crippen molar-refractivity contribution in [2.24, 2.45) is 0 Å². The minimum atomic E-state index is -0.862. The molecule has 1 atom stereocenters. The quantitative estimate of drug-likeness (QED) is 0.935. The van der Waals surface area contributed by atoms with Gasteiger partial charge < -0.3 is 5.11 Å². The largest absolute Gasteiger partial charge is 0.478 e. The van der Waals surface area contributed by atoms with Crippen molar-refractivity contribution in [3.05, 3.63) is 56.8 Å². The van der Waals surface area contributed by atoms with E-state index < -0.39 is 5.97 Å². The zero-order valence-electron chi connectivity index (χ0n) is 12.3. The Morgan fingerprint density at radius 2 is 2.24 bits per heavy atom. The SMILES string of the molecule is Cc1cc(C(=O)O)ccc1CN1CCc2sccc2C1C. The molecule has 3 nitrogen and oxygen atoms in total. The molecule has 2 heterocycles. The Morgan fingerprint density at radius 1 is 1.43 bits per heavy atom. The fraction of sp³-hybridized carbons (Fsp3) is 0.353. The maximum Gasteiger partial charge on any atom is 0.335 e. The summed E-state index contributed by atoms with van der Waals surface area (Å²) < 4.78 is 0. The molecule has 0 aliphatic carbocycles. The first-order chi connectivity index (χ1) is 10.1. The van der Waals surface area contributed by atoms with Gasteiger partial charge in [0, 0.05) is 24.0 Å². The van der Waals surface area contributed by atoms with Crippen molar-refractivity contribution in [2.45, 2.75) is 32.9 Å². The number of rotatable bonds is 3. The van der Waals surface area contributed by atoms with Crippen LogP contribution in [0, 0.1) is 6.92 Å². The first-order valence-electron chi connectivity index (χ1n) is 7.19. The van der Waals surface area contributed by atoms with Crippen LogP contribution in [-0.2, 0) is 13.0 Å². The van der Waals surface area contributed by atoms with Crippen LogP contribution in [0.1, 0.15) is 44.9 Å². The monoisotopic (exact) mass is 301 g/mol. The molecule has 4 heteroatoms. The highest BCUT2D eigenvalue weighted by Gasteiger charge is 2.24. The molecule has 0 saturated heterocycles. The number of benzene rings is 1. The van der Waals surface area contributed by atoms with Crippen LogP contribution >= 0.6 is 11.3 Å². The number of aryl methyl sites for hydroxylation is 1. The summed E-state index contributed by atoms with van der Waals surface area (Å²) in [5.74, 6) is -0.862. The summed E-state index contributed by atoms with van der Waals surface area (Å²) in [6.45, 7) is 6.19. The second-order valence-electron chi connectivity index (χ2n) is 5.64. The molecule has 1 aromatic carbocycles. The lowest BCUT2D eigenvalue weighted by molar-refractivity contribution is 0.0696. The highest BCUT2D eigenvalue weighted by atomic mass is 32.1. The fourth-order valence-electron chi connectivity index (χ4n) is 3.00. The number of hydrogen-bond acceptors (Lipinski definition) is 3. The van der Waals surface area contributed by atoms with E-state index in [0.29, 0.717) is 11.6 Å². The van der Waals surface area contributed by atoms with Gasteiger partial charge in [-0.25, -0.2) is 4.79 Å². The molecule has 21 heavy (non-hydrogen) atoms. The zero-order valence-corrected chi connectivity index (χ0v) is 13.1. The Bertz CT molecular complexity index is 677. The Labute approximate surface area is 128 Å². The number of thiophene rings is 1. The summed E-state index contributed by atoms with van der Waals surface area (Å²) in [5, 5.41) is 11.2. The normalized spacial score (nSPS) is 18.5. The molecule has 1 unspecified atom stereocenters. The number of hydrogen-bond donors (Lipinski definition) is 1. The predicted molar refractivity (Wildman–Crippen MR) is 85.0 cm³/mol. The molecule has 2 aromatic rings. The van der Waals surface area contributed by atoms with Crippen molar-refractivity contribution < 1.29 is 9.90 Å². The van der Waals surface area contributed by atoms with Gasteiger partial charge in [-0.15, -0.1) is 11.3 Å². The molecule has 0 spiro atoms. The van der Waals surface area contributed by atoms with E-state index in [1.807, 2.05) is 24.3 Å². The molecular formula is C17H19NO2S. The van der Waals surface area contributed by atoms with Crippen molar-refractivity contribution >= 4 is 17.3 Å². The number of carboxylic acids is 1. The van der Waals surface area contributed by atoms with E-state index in [1.54, 1.807) is 12.1 Å². The van der Waals surface area contributed by atoms with Crippen molar-refractivity contribution in [1.82, 2.24) is 4.90 Å². The highest BCUT2D eigenvalue weighted by Crippen LogP contribution is 2.33. The average Bonchev–Trinajstić information content (AvgIpc) is 2.93. The first-order valence-corrected chi connectivity index (χ1v) is 8.07. The lowest BCUT2D eigenvalue weighted by Gasteiger charge is -2.34. The van der Waals surface area contributed by atoms with E-state index in [1.165, 1.54) is 16.0 Å². The maximum atomic E-state index is 11.0. The van der Waals surface area contributed by atoms with Gasteiger partial charge in [-0.1, -0.05) is 6.07 Å². The molecule has 1 N–H and O–H groups in total. The second kappa shape index (κ2) is 5.62. The van der Waals surface area contributed by atoms with Crippen molar-refractivity contribution in [3.8, 4) is 0 Å². The molecule has 110 valence electrons. The lowest BCUT2D eigenvalue weighted by atomic mass is 9.99. The van der Waals surface area contributed by atoms with Gasteiger partial charge in [-0.2, -0.15) is 0 Å². The van der Waals surface area contributed by atoms with E-state index in [2.05, 4.69) is 23.3 Å². The number of carbonyl (C=O) groups is 1. The number of nitrogens with zero attached hydrogens (tertiary/aromatic N) is 1. The van der Waals surface area contributed by atoms with Gasteiger partial charge in [-0.3, -0.25) is 4.90 Å². The minimum absolute atomic E-state index is 0.364. The Kier molecular flexibility index (Phi) is 3.83. The minimum Gasteiger partial charge on any atom is -0.478 e. The van der Waals surface area contributed by atoms with Gasteiger partial charge in [0.15, 0.2) is 0 Å². The Hall–Kier alpha value is -1.65. The van der Waals surface area contributed by atoms with Crippen LogP contribution in [0.5, 0.6) is 0 Å². The molecule has 1 aromatic heterocycles. The Morgan fingerprint density at radius 3 is 2.95 bits per heavy atom. The molecule has 0 saturated carbocycles. The number of aromatic carboxylic acids is 1. The van der Waals surface area contributed by atoms with Gasteiger partial charge in [0.05, 0.1) is 5.56 Å². The Balaban J connectivity index is 1.80. The summed E-state index contributed by atoms with van der Waals surface area (Å²) >= 11 is 1.85. The molecule has 1 aliphatic heterocycles. The van der Waals surface area contributed by atoms with Crippen LogP contribution in [-0.4, -0.2) is 22.5 Å². The summed E-state index contributed by atoms with van der Waals surface area (Å²) in [6, 6.07) is 8.09. The molecular weight excluding hydrogens is 282 g/mol. The van der Waals surface area contributed by atoms with E-state index in [0.717, 1.165) is 25.1 Å². The molecule has 0 amide bonds. The topological polar surface area (TPSA) is 40.5 Å². The first kappa shape index (κ1) is 14.3. The summed E-state index contributed by atoms with van der Waals surface area (Å²) in [7, 11) is 0. The van der Waals surface area contributed by atoms with E-state index in [-0.39, 0.29) is 0 Å². The van der Waals surface area contributed by atoms with Gasteiger partial charge in [0.25, 0.3) is 0 Å². The standard InChI is InChI=1S/C17H19NO2S/c1-11-9-13(17(19)20)3-4-14(11)10-18-7-5-16-15(12(18)2)6-8-21-16/h3-4,6,8-9,12H,5,7,10H2,1-2H3,(H,19,20). The van der Waals surface area contributed by atoms with Crippen LogP contribution in [0.4, 0.5) is 0 Å². The van der Waals surface area contributed by atoms with Crippen LogP contribution in [0.3, 0.4) is 0 Å². The van der Waals surface area contributed by atoms with Crippen LogP contribution in [0.2, 0.25) is 0 Å². The van der Waals surface area contributed by atoms with E-state index >= 15 is 0 Å². The third-order valence-corrected chi connectivity index (χ3v) is 5.36. The smallest absolute Gasteiger partial charge is 0.335 e. The summed E-state index contributed by atoms with van der Waals surface area (Å²) in [4.78, 5) is 15.0. The van der Waals surface area contributed by atoms with Gasteiger partial charge in [0.2, 0.25) is 0 Å². The summed E-state index contributed by atoms with van der Waals surface area (Å²) in [6.07, 6.45) is 1.11. The van der Waals surface area contributed by atoms with Crippen LogP contribution in [0.25, 0.3) is 0 Å². The fourth-order valence-corrected chi connectivity index (χ4v) is 3.97. The van der Waals surface area contributed by atoms with Gasteiger partial charge in [0.1, 0.15) is 0 Å². The predicted octanol–water partition coefficient (Wildman–Crippen LogP) is 3.87. The molecule has 0 bridgehead atoms. The third-order valence-electron chi connectivity index (χ3n) is 4.37. The van der Waals surface area contributed by atoms with Gasteiger partial charge >= 0.3 is 5.97 Å². The maximum absolute atomic E-state index is 11.0. The molecule has 0 fully saturated rings.